The average molecular weight is 154 g/mol. The summed E-state index contributed by atoms with van der Waals surface area (Å²) >= 11 is 0. The Labute approximate surface area is 68.7 Å². The summed E-state index contributed by atoms with van der Waals surface area (Å²) in [6, 6.07) is 0.354. The second-order valence-corrected chi connectivity index (χ2v) is 4.40. The van der Waals surface area contributed by atoms with Gasteiger partial charge in [0.15, 0.2) is 0 Å². The second kappa shape index (κ2) is 2.76. The van der Waals surface area contributed by atoms with Crippen LogP contribution in [0.5, 0.6) is 0 Å². The molecule has 0 amide bonds. The van der Waals surface area contributed by atoms with Crippen molar-refractivity contribution in [3.05, 3.63) is 0 Å². The van der Waals surface area contributed by atoms with Gasteiger partial charge in [-0.05, 0) is 31.6 Å². The monoisotopic (exact) mass is 154 g/mol. The molecule has 3 rings (SSSR count). The molecule has 2 nitrogen and oxygen atoms in total. The Bertz CT molecular complexity index is 126. The van der Waals surface area contributed by atoms with E-state index in [1.54, 1.807) is 0 Å². The van der Waals surface area contributed by atoms with Crippen LogP contribution in [0.25, 0.3) is 0 Å². The fourth-order valence-electron chi connectivity index (χ4n) is 2.53. The molecule has 3 aliphatic rings. The maximum Gasteiger partial charge on any atom is 0.0139 e. The zero-order valence-corrected chi connectivity index (χ0v) is 7.29. The summed E-state index contributed by atoms with van der Waals surface area (Å²) in [6.07, 6.45) is 2.99. The summed E-state index contributed by atoms with van der Waals surface area (Å²) in [7, 11) is 0. The summed E-state index contributed by atoms with van der Waals surface area (Å²) in [5.74, 6) is 2.04. The van der Waals surface area contributed by atoms with Crippen LogP contribution in [-0.2, 0) is 0 Å². The van der Waals surface area contributed by atoms with Crippen LogP contribution in [0.1, 0.15) is 19.8 Å². The highest BCUT2D eigenvalue weighted by molar-refractivity contribution is 4.90. The van der Waals surface area contributed by atoms with Gasteiger partial charge in [0.2, 0.25) is 0 Å². The molecular weight excluding hydrogens is 136 g/mol. The lowest BCUT2D eigenvalue weighted by atomic mass is 9.71. The summed E-state index contributed by atoms with van der Waals surface area (Å²) in [4.78, 5) is 2.53. The van der Waals surface area contributed by atoms with Gasteiger partial charge in [-0.2, -0.15) is 0 Å². The van der Waals surface area contributed by atoms with Crippen molar-refractivity contribution in [1.82, 2.24) is 4.90 Å². The third kappa shape index (κ3) is 1.57. The largest absolute Gasteiger partial charge is 0.327 e. The van der Waals surface area contributed by atoms with E-state index in [1.165, 1.54) is 25.9 Å². The van der Waals surface area contributed by atoms with E-state index in [0.717, 1.165) is 18.4 Å². The van der Waals surface area contributed by atoms with E-state index in [0.29, 0.717) is 6.04 Å². The molecule has 0 aromatic heterocycles. The van der Waals surface area contributed by atoms with E-state index in [1.807, 2.05) is 0 Å². The van der Waals surface area contributed by atoms with Crippen molar-refractivity contribution in [3.63, 3.8) is 0 Å². The molecule has 0 aromatic rings. The van der Waals surface area contributed by atoms with Crippen LogP contribution in [0.15, 0.2) is 0 Å². The van der Waals surface area contributed by atoms with Crippen molar-refractivity contribution < 1.29 is 0 Å². The number of nitrogens with zero attached hydrogens (tertiary/aromatic N) is 1. The van der Waals surface area contributed by atoms with E-state index < -0.39 is 0 Å². The van der Waals surface area contributed by atoms with Crippen LogP contribution in [0.4, 0.5) is 0 Å². The van der Waals surface area contributed by atoms with Crippen molar-refractivity contribution in [3.8, 4) is 0 Å². The average Bonchev–Trinajstić information content (AvgIpc) is 1.83. The third-order valence-corrected chi connectivity index (χ3v) is 2.91. The predicted octanol–water partition coefficient (Wildman–Crippen LogP) is 0.675. The van der Waals surface area contributed by atoms with Crippen LogP contribution in [0.3, 0.4) is 0 Å². The van der Waals surface area contributed by atoms with Crippen LogP contribution in [0.2, 0.25) is 0 Å². The molecule has 3 fully saturated rings. The first-order valence-corrected chi connectivity index (χ1v) is 4.72. The lowest BCUT2D eigenvalue weighted by Gasteiger charge is -2.47. The highest BCUT2D eigenvalue weighted by Crippen LogP contribution is 2.39. The van der Waals surface area contributed by atoms with Crippen molar-refractivity contribution in [2.75, 3.05) is 19.6 Å². The molecule has 2 bridgehead atoms. The van der Waals surface area contributed by atoms with E-state index in [4.69, 9.17) is 5.73 Å². The molecular formula is C9H18N2. The van der Waals surface area contributed by atoms with Gasteiger partial charge >= 0.3 is 0 Å². The first-order valence-electron chi connectivity index (χ1n) is 4.72. The molecule has 2 N–H and O–H groups in total. The van der Waals surface area contributed by atoms with Crippen molar-refractivity contribution in [1.29, 1.82) is 0 Å². The molecule has 0 aromatic carbocycles. The Morgan fingerprint density at radius 1 is 1.36 bits per heavy atom. The highest BCUT2D eigenvalue weighted by atomic mass is 15.2. The molecule has 2 heteroatoms. The molecule has 1 atom stereocenters. The number of hydrogen-bond donors (Lipinski definition) is 1. The van der Waals surface area contributed by atoms with Gasteiger partial charge in [-0.1, -0.05) is 0 Å². The molecule has 2 aliphatic heterocycles. The Hall–Kier alpha value is -0.0800. The number of rotatable bonds is 2. The van der Waals surface area contributed by atoms with Gasteiger partial charge in [0.05, 0.1) is 0 Å². The third-order valence-electron chi connectivity index (χ3n) is 2.91. The van der Waals surface area contributed by atoms with Gasteiger partial charge in [-0.3, -0.25) is 0 Å². The van der Waals surface area contributed by atoms with Gasteiger partial charge in [-0.15, -0.1) is 0 Å². The summed E-state index contributed by atoms with van der Waals surface area (Å²) in [6.45, 7) is 5.84. The van der Waals surface area contributed by atoms with Crippen LogP contribution in [-0.4, -0.2) is 30.6 Å². The summed E-state index contributed by atoms with van der Waals surface area (Å²) in [5, 5.41) is 0. The van der Waals surface area contributed by atoms with Crippen molar-refractivity contribution in [2.45, 2.75) is 25.8 Å². The van der Waals surface area contributed by atoms with Gasteiger partial charge < -0.3 is 10.6 Å². The fourth-order valence-corrected chi connectivity index (χ4v) is 2.53. The fraction of sp³-hybridized carbons (Fsp3) is 1.00. The Balaban J connectivity index is 1.79. The quantitative estimate of drug-likeness (QED) is 0.633. The summed E-state index contributed by atoms with van der Waals surface area (Å²) in [5.41, 5.74) is 5.74. The van der Waals surface area contributed by atoms with Gasteiger partial charge in [-0.25, -0.2) is 0 Å². The van der Waals surface area contributed by atoms with E-state index in [9.17, 15) is 0 Å². The molecule has 2 saturated heterocycles. The number of piperidine rings is 2. The molecule has 1 unspecified atom stereocenters. The molecule has 64 valence electrons. The predicted molar refractivity (Wildman–Crippen MR) is 46.3 cm³/mol. The molecule has 11 heavy (non-hydrogen) atoms. The number of nitrogens with two attached hydrogens (primary N) is 1. The summed E-state index contributed by atoms with van der Waals surface area (Å²) < 4.78 is 0. The van der Waals surface area contributed by atoms with Gasteiger partial charge in [0.25, 0.3) is 0 Å². The van der Waals surface area contributed by atoms with Gasteiger partial charge in [0, 0.05) is 25.7 Å². The minimum atomic E-state index is 0.354. The number of fused-ring (bicyclic) bond motifs is 2. The topological polar surface area (TPSA) is 29.3 Å². The zero-order chi connectivity index (χ0) is 7.84. The minimum absolute atomic E-state index is 0.354. The van der Waals surface area contributed by atoms with Crippen molar-refractivity contribution >= 4 is 0 Å². The van der Waals surface area contributed by atoms with E-state index in [-0.39, 0.29) is 0 Å². The maximum atomic E-state index is 5.74. The highest BCUT2D eigenvalue weighted by Gasteiger charge is 2.36. The second-order valence-electron chi connectivity index (χ2n) is 4.40. The Kier molecular flexibility index (Phi) is 1.90. The molecule has 1 aliphatic carbocycles. The lowest BCUT2D eigenvalue weighted by Crippen LogP contribution is -2.51. The van der Waals surface area contributed by atoms with Gasteiger partial charge in [0.1, 0.15) is 0 Å². The van der Waals surface area contributed by atoms with E-state index >= 15 is 0 Å². The smallest absolute Gasteiger partial charge is 0.0139 e. The van der Waals surface area contributed by atoms with Crippen molar-refractivity contribution in [2.24, 2.45) is 17.6 Å². The first-order chi connectivity index (χ1) is 5.24. The Morgan fingerprint density at radius 2 is 1.91 bits per heavy atom. The maximum absolute atomic E-state index is 5.74. The molecule has 0 radical (unpaired) electrons. The lowest BCUT2D eigenvalue weighted by molar-refractivity contribution is 0.0253. The first kappa shape index (κ1) is 7.56. The number of hydrogen-bond acceptors (Lipinski definition) is 2. The molecule has 0 spiro atoms. The zero-order valence-electron chi connectivity index (χ0n) is 7.29. The Morgan fingerprint density at radius 3 is 2.36 bits per heavy atom. The van der Waals surface area contributed by atoms with Crippen LogP contribution in [0, 0.1) is 11.8 Å². The van der Waals surface area contributed by atoms with Crippen LogP contribution < -0.4 is 5.73 Å². The molecule has 1 saturated carbocycles. The normalized spacial score (nSPS) is 39.8. The van der Waals surface area contributed by atoms with E-state index in [2.05, 4.69) is 11.8 Å². The standard InChI is InChI=1S/C9H18N2/c1-7(10)4-11-5-8-2-9(3-8)6-11/h7-9H,2-6,10H2,1H3. The van der Waals surface area contributed by atoms with Crippen LogP contribution >= 0.6 is 0 Å². The minimum Gasteiger partial charge on any atom is -0.327 e. The molecule has 2 heterocycles. The SMILES string of the molecule is CC(N)CN1CC2CC(C2)C1.